The third kappa shape index (κ3) is 1.68. The number of rotatable bonds is 3. The lowest BCUT2D eigenvalue weighted by Crippen LogP contribution is -2.48. The van der Waals surface area contributed by atoms with Crippen molar-refractivity contribution >= 4 is 18.2 Å². The van der Waals surface area contributed by atoms with Crippen LogP contribution in [-0.2, 0) is 10.3 Å². The Morgan fingerprint density at radius 2 is 1.78 bits per heavy atom. The molecule has 0 bridgehead atoms. The molecule has 18 heavy (non-hydrogen) atoms. The van der Waals surface area contributed by atoms with Gasteiger partial charge in [0.2, 0.25) is 0 Å². The van der Waals surface area contributed by atoms with Crippen LogP contribution in [0.5, 0.6) is 0 Å². The summed E-state index contributed by atoms with van der Waals surface area (Å²) in [7, 11) is 0. The highest BCUT2D eigenvalue weighted by Crippen LogP contribution is 2.32. The van der Waals surface area contributed by atoms with E-state index in [2.05, 4.69) is 10.6 Å². The molecule has 1 fully saturated rings. The van der Waals surface area contributed by atoms with Crippen molar-refractivity contribution in [2.45, 2.75) is 19.4 Å². The molecule has 1 heterocycles. The number of nitrogens with one attached hydrogen (secondary N) is 2. The molecule has 2 N–H and O–H groups in total. The van der Waals surface area contributed by atoms with E-state index in [0.717, 1.165) is 6.29 Å². The van der Waals surface area contributed by atoms with Crippen molar-refractivity contribution in [3.63, 3.8) is 0 Å². The predicted octanol–water partition coefficient (Wildman–Crippen LogP) is 1.19. The molecule has 0 spiro atoms. The number of benzene rings is 1. The molecule has 1 aromatic rings. The van der Waals surface area contributed by atoms with Gasteiger partial charge in [-0.05, 0) is 11.5 Å². The fourth-order valence-corrected chi connectivity index (χ4v) is 2.24. The van der Waals surface area contributed by atoms with E-state index in [-0.39, 0.29) is 11.8 Å². The van der Waals surface area contributed by atoms with Crippen LogP contribution in [0.3, 0.4) is 0 Å². The summed E-state index contributed by atoms with van der Waals surface area (Å²) in [5.74, 6) is -0.465. The van der Waals surface area contributed by atoms with Crippen LogP contribution in [0.1, 0.15) is 29.8 Å². The normalized spacial score (nSPS) is 22.8. The molecule has 5 heteroatoms. The molecule has 0 unspecified atom stereocenters. The van der Waals surface area contributed by atoms with Crippen LogP contribution >= 0.6 is 0 Å². The third-order valence-electron chi connectivity index (χ3n) is 3.26. The van der Waals surface area contributed by atoms with Crippen LogP contribution in [-0.4, -0.2) is 18.2 Å². The first kappa shape index (κ1) is 12.3. The lowest BCUT2D eigenvalue weighted by Gasteiger charge is -2.30. The zero-order chi connectivity index (χ0) is 13.3. The lowest BCUT2D eigenvalue weighted by atomic mass is 9.80. The Labute approximate surface area is 105 Å². The Morgan fingerprint density at radius 3 is 2.17 bits per heavy atom. The highest BCUT2D eigenvalue weighted by molar-refractivity contribution is 6.07. The minimum atomic E-state index is -1.06. The first-order chi connectivity index (χ1) is 8.50. The van der Waals surface area contributed by atoms with Gasteiger partial charge in [-0.1, -0.05) is 38.1 Å². The van der Waals surface area contributed by atoms with Crippen LogP contribution in [0.4, 0.5) is 4.79 Å². The molecule has 2 rings (SSSR count). The maximum Gasteiger partial charge on any atom is 0.322 e. The van der Waals surface area contributed by atoms with Gasteiger partial charge >= 0.3 is 6.03 Å². The van der Waals surface area contributed by atoms with Gasteiger partial charge in [0, 0.05) is 5.56 Å². The average Bonchev–Trinajstić information content (AvgIpc) is 2.65. The number of urea groups is 1. The summed E-state index contributed by atoms with van der Waals surface area (Å²) in [5.41, 5.74) is 0.146. The Bertz CT molecular complexity index is 507. The number of hydrogen-bond donors (Lipinski definition) is 2. The van der Waals surface area contributed by atoms with Crippen molar-refractivity contribution in [3.05, 3.63) is 35.4 Å². The standard InChI is InChI=1S/C13H14N2O3/c1-8(2)13(11(17)14-12(18)15-13)10-5-3-9(7-16)4-6-10/h3-8H,1-2H3,(H2,14,15,17,18)/t13-/m1/s1. The minimum Gasteiger partial charge on any atom is -0.319 e. The van der Waals surface area contributed by atoms with Crippen molar-refractivity contribution in [3.8, 4) is 0 Å². The van der Waals surface area contributed by atoms with E-state index in [1.54, 1.807) is 24.3 Å². The van der Waals surface area contributed by atoms with Crippen molar-refractivity contribution in [2.24, 2.45) is 5.92 Å². The molecular formula is C13H14N2O3. The van der Waals surface area contributed by atoms with Gasteiger partial charge in [0.25, 0.3) is 5.91 Å². The van der Waals surface area contributed by atoms with Gasteiger partial charge < -0.3 is 5.32 Å². The van der Waals surface area contributed by atoms with E-state index in [1.165, 1.54) is 0 Å². The second-order valence-corrected chi connectivity index (χ2v) is 4.61. The summed E-state index contributed by atoms with van der Waals surface area (Å²) in [6.45, 7) is 3.72. The minimum absolute atomic E-state index is 0.106. The Hall–Kier alpha value is -2.17. The maximum absolute atomic E-state index is 12.0. The summed E-state index contributed by atoms with van der Waals surface area (Å²) in [6, 6.07) is 6.14. The summed E-state index contributed by atoms with van der Waals surface area (Å²) in [4.78, 5) is 34.0. The van der Waals surface area contributed by atoms with Crippen LogP contribution in [0.25, 0.3) is 0 Å². The van der Waals surface area contributed by atoms with Crippen LogP contribution in [0.2, 0.25) is 0 Å². The van der Waals surface area contributed by atoms with Gasteiger partial charge in [0.1, 0.15) is 11.8 Å². The zero-order valence-corrected chi connectivity index (χ0v) is 10.2. The first-order valence-electron chi connectivity index (χ1n) is 5.70. The van der Waals surface area contributed by atoms with Crippen LogP contribution in [0, 0.1) is 5.92 Å². The van der Waals surface area contributed by atoms with Crippen LogP contribution in [0.15, 0.2) is 24.3 Å². The fraction of sp³-hybridized carbons (Fsp3) is 0.308. The first-order valence-corrected chi connectivity index (χ1v) is 5.70. The molecule has 0 saturated carbocycles. The predicted molar refractivity (Wildman–Crippen MR) is 65.0 cm³/mol. The smallest absolute Gasteiger partial charge is 0.319 e. The van der Waals surface area contributed by atoms with E-state index in [1.807, 2.05) is 13.8 Å². The second kappa shape index (κ2) is 4.25. The van der Waals surface area contributed by atoms with Gasteiger partial charge in [-0.3, -0.25) is 14.9 Å². The quantitative estimate of drug-likeness (QED) is 0.621. The van der Waals surface area contributed by atoms with Gasteiger partial charge in [-0.15, -0.1) is 0 Å². The molecule has 1 saturated heterocycles. The summed E-state index contributed by atoms with van der Waals surface area (Å²) >= 11 is 0. The summed E-state index contributed by atoms with van der Waals surface area (Å²) in [5, 5.41) is 4.94. The molecule has 3 amide bonds. The number of amides is 3. The fourth-order valence-electron chi connectivity index (χ4n) is 2.24. The summed E-state index contributed by atoms with van der Waals surface area (Å²) < 4.78 is 0. The number of hydrogen-bond acceptors (Lipinski definition) is 3. The molecule has 1 aromatic carbocycles. The third-order valence-corrected chi connectivity index (χ3v) is 3.26. The van der Waals surface area contributed by atoms with Gasteiger partial charge in [-0.25, -0.2) is 4.79 Å². The highest BCUT2D eigenvalue weighted by atomic mass is 16.2. The molecular weight excluding hydrogens is 232 g/mol. The molecule has 5 nitrogen and oxygen atoms in total. The molecule has 0 aliphatic carbocycles. The van der Waals surface area contributed by atoms with Crippen molar-refractivity contribution in [1.29, 1.82) is 0 Å². The zero-order valence-electron chi connectivity index (χ0n) is 10.2. The second-order valence-electron chi connectivity index (χ2n) is 4.61. The average molecular weight is 246 g/mol. The van der Waals surface area contributed by atoms with E-state index in [4.69, 9.17) is 0 Å². The largest absolute Gasteiger partial charge is 0.322 e. The SMILES string of the molecule is CC(C)[C@]1(c2ccc(C=O)cc2)NC(=O)NC1=O. The van der Waals surface area contributed by atoms with Crippen molar-refractivity contribution < 1.29 is 14.4 Å². The van der Waals surface area contributed by atoms with Gasteiger partial charge in [0.05, 0.1) is 0 Å². The van der Waals surface area contributed by atoms with E-state index in [9.17, 15) is 14.4 Å². The highest BCUT2D eigenvalue weighted by Gasteiger charge is 2.49. The Morgan fingerprint density at radius 1 is 1.17 bits per heavy atom. The van der Waals surface area contributed by atoms with E-state index >= 15 is 0 Å². The monoisotopic (exact) mass is 246 g/mol. The number of imide groups is 1. The Balaban J connectivity index is 2.50. The molecule has 0 radical (unpaired) electrons. The molecule has 0 aromatic heterocycles. The molecule has 1 aliphatic rings. The lowest BCUT2D eigenvalue weighted by molar-refractivity contribution is -0.125. The van der Waals surface area contributed by atoms with E-state index in [0.29, 0.717) is 11.1 Å². The van der Waals surface area contributed by atoms with Gasteiger partial charge in [-0.2, -0.15) is 0 Å². The molecule has 1 aliphatic heterocycles. The topological polar surface area (TPSA) is 75.3 Å². The summed E-state index contributed by atoms with van der Waals surface area (Å²) in [6.07, 6.45) is 0.735. The molecule has 94 valence electrons. The molecule has 1 atom stereocenters. The van der Waals surface area contributed by atoms with Crippen LogP contribution < -0.4 is 10.6 Å². The van der Waals surface area contributed by atoms with Crippen molar-refractivity contribution in [2.75, 3.05) is 0 Å². The number of aldehydes is 1. The van der Waals surface area contributed by atoms with Gasteiger partial charge in [0.15, 0.2) is 0 Å². The maximum atomic E-state index is 12.0. The number of carbonyl (C=O) groups is 3. The van der Waals surface area contributed by atoms with E-state index < -0.39 is 11.6 Å². The Kier molecular flexibility index (Phi) is 2.90. The number of carbonyl (C=O) groups excluding carboxylic acids is 3. The van der Waals surface area contributed by atoms with Crippen molar-refractivity contribution in [1.82, 2.24) is 10.6 Å².